The van der Waals surface area contributed by atoms with Crippen LogP contribution in [0.1, 0.15) is 0 Å². The first-order valence-corrected chi connectivity index (χ1v) is 4.98. The van der Waals surface area contributed by atoms with E-state index in [1.807, 2.05) is 0 Å². The molecule has 0 heterocycles. The number of alkyl halides is 11. The smallest absolute Gasteiger partial charge is 0.393 e. The molecule has 0 aliphatic heterocycles. The first-order valence-electron chi connectivity index (χ1n) is 4.98. The number of rotatable bonds is 7. The fraction of sp³-hybridized carbons (Fsp3) is 0.667. The minimum atomic E-state index is -6.94. The van der Waals surface area contributed by atoms with E-state index < -0.39 is 42.8 Å². The summed E-state index contributed by atoms with van der Waals surface area (Å²) < 4.78 is 141. The zero-order valence-electron chi connectivity index (χ0n) is 10.4. The van der Waals surface area contributed by atoms with Gasteiger partial charge in [0.1, 0.15) is 6.61 Å². The molecule has 0 bridgehead atoms. The highest BCUT2D eigenvalue weighted by molar-refractivity contribution is 5.81. The molecule has 0 aromatic carbocycles. The summed E-state index contributed by atoms with van der Waals surface area (Å²) in [5.74, 6) is -14.9. The summed E-state index contributed by atoms with van der Waals surface area (Å²) in [5, 5.41) is 0. The quantitative estimate of drug-likeness (QED) is 0.389. The minimum Gasteiger partial charge on any atom is -0.393 e. The van der Waals surface area contributed by atoms with Crippen molar-refractivity contribution in [1.82, 2.24) is 0 Å². The predicted molar refractivity (Wildman–Crippen MR) is 48.1 cm³/mol. The average Bonchev–Trinajstić information content (AvgIpc) is 2.34. The topological polar surface area (TPSA) is 35.5 Å². The first-order chi connectivity index (χ1) is 9.91. The average molecular weight is 370 g/mol. The van der Waals surface area contributed by atoms with E-state index in [4.69, 9.17) is 0 Å². The molecule has 0 aliphatic carbocycles. The first kappa shape index (κ1) is 21.4. The highest BCUT2D eigenvalue weighted by Gasteiger charge is 2.75. The lowest BCUT2D eigenvalue weighted by molar-refractivity contribution is -0.438. The standard InChI is InChI=1S/C9H5F11O3/c1-2-4(21)23-8(17,18)5(10,11)3-22-9(19,20)6(12,13)7(14,15)16/h2H,1,3H2. The van der Waals surface area contributed by atoms with Gasteiger partial charge in [-0.15, -0.1) is 0 Å². The molecule has 3 nitrogen and oxygen atoms in total. The SMILES string of the molecule is C=CC(=O)OC(F)(F)C(F)(F)COC(F)(F)C(F)(F)C(F)(F)F. The second-order valence-corrected chi connectivity index (χ2v) is 3.72. The third-order valence-electron chi connectivity index (χ3n) is 1.98. The van der Waals surface area contributed by atoms with Crippen molar-refractivity contribution in [2.45, 2.75) is 30.2 Å². The van der Waals surface area contributed by atoms with E-state index >= 15 is 0 Å². The Morgan fingerprint density at radius 3 is 1.65 bits per heavy atom. The Morgan fingerprint density at radius 2 is 1.30 bits per heavy atom. The molecule has 0 rings (SSSR count). The highest BCUT2D eigenvalue weighted by Crippen LogP contribution is 2.48. The summed E-state index contributed by atoms with van der Waals surface area (Å²) in [6.45, 7) is -0.773. The van der Waals surface area contributed by atoms with Crippen molar-refractivity contribution < 1.29 is 62.6 Å². The molecule has 0 N–H and O–H groups in total. The van der Waals surface area contributed by atoms with E-state index in [0.717, 1.165) is 0 Å². The third kappa shape index (κ3) is 4.45. The molecule has 0 fully saturated rings. The van der Waals surface area contributed by atoms with Crippen LogP contribution in [-0.4, -0.2) is 42.8 Å². The van der Waals surface area contributed by atoms with Crippen molar-refractivity contribution in [1.29, 1.82) is 0 Å². The largest absolute Gasteiger partial charge is 0.469 e. The predicted octanol–water partition coefficient (Wildman–Crippen LogP) is 3.75. The van der Waals surface area contributed by atoms with Crippen LogP contribution >= 0.6 is 0 Å². The highest BCUT2D eigenvalue weighted by atomic mass is 19.4. The van der Waals surface area contributed by atoms with Crippen LogP contribution in [0.15, 0.2) is 12.7 Å². The Morgan fingerprint density at radius 1 is 0.870 bits per heavy atom. The van der Waals surface area contributed by atoms with Crippen LogP contribution in [0.5, 0.6) is 0 Å². The van der Waals surface area contributed by atoms with Gasteiger partial charge in [-0.3, -0.25) is 0 Å². The molecule has 0 aliphatic rings. The van der Waals surface area contributed by atoms with Crippen molar-refractivity contribution in [2.75, 3.05) is 6.61 Å². The molecule has 0 aromatic rings. The second-order valence-electron chi connectivity index (χ2n) is 3.72. The van der Waals surface area contributed by atoms with Crippen LogP contribution in [0.3, 0.4) is 0 Å². The lowest BCUT2D eigenvalue weighted by Gasteiger charge is -2.30. The van der Waals surface area contributed by atoms with Gasteiger partial charge in [-0.05, 0) is 0 Å². The van der Waals surface area contributed by atoms with Gasteiger partial charge in [-0.25, -0.2) is 4.79 Å². The summed E-state index contributed by atoms with van der Waals surface area (Å²) in [6.07, 6.45) is -19.4. The van der Waals surface area contributed by atoms with Crippen LogP contribution < -0.4 is 0 Å². The Kier molecular flexibility index (Phi) is 5.70. The molecule has 0 unspecified atom stereocenters. The molecular weight excluding hydrogens is 365 g/mol. The van der Waals surface area contributed by atoms with Crippen molar-refractivity contribution in [3.63, 3.8) is 0 Å². The maximum Gasteiger partial charge on any atom is 0.469 e. The number of carbonyl (C=O) groups excluding carboxylic acids is 1. The van der Waals surface area contributed by atoms with Crippen molar-refractivity contribution >= 4 is 5.97 Å². The van der Waals surface area contributed by atoms with Crippen LogP contribution in [0.2, 0.25) is 0 Å². The zero-order chi connectivity index (χ0) is 18.9. The number of ether oxygens (including phenoxy) is 2. The number of hydrogen-bond acceptors (Lipinski definition) is 3. The van der Waals surface area contributed by atoms with Crippen LogP contribution in [0, 0.1) is 0 Å². The second kappa shape index (κ2) is 6.13. The van der Waals surface area contributed by atoms with Crippen molar-refractivity contribution in [3.05, 3.63) is 12.7 Å². The fourth-order valence-corrected chi connectivity index (χ4v) is 0.764. The Labute approximate surface area is 119 Å². The van der Waals surface area contributed by atoms with Gasteiger partial charge in [-0.2, -0.15) is 48.3 Å². The summed E-state index contributed by atoms with van der Waals surface area (Å²) in [4.78, 5) is 10.4. The van der Waals surface area contributed by atoms with Gasteiger partial charge in [0.2, 0.25) is 0 Å². The van der Waals surface area contributed by atoms with Gasteiger partial charge in [0.05, 0.1) is 0 Å². The molecule has 0 spiro atoms. The van der Waals surface area contributed by atoms with Crippen molar-refractivity contribution in [3.8, 4) is 0 Å². The number of esters is 1. The Balaban J connectivity index is 5.20. The van der Waals surface area contributed by atoms with Gasteiger partial charge >= 0.3 is 36.2 Å². The van der Waals surface area contributed by atoms with E-state index in [-0.39, 0.29) is 6.08 Å². The maximum atomic E-state index is 12.9. The summed E-state index contributed by atoms with van der Waals surface area (Å²) in [7, 11) is 0. The van der Waals surface area contributed by atoms with E-state index in [2.05, 4.69) is 16.1 Å². The number of carbonyl (C=O) groups is 1. The summed E-state index contributed by atoms with van der Waals surface area (Å²) >= 11 is 0. The lowest BCUT2D eigenvalue weighted by Crippen LogP contribution is -2.56. The molecule has 14 heteroatoms. The molecule has 0 radical (unpaired) electrons. The summed E-state index contributed by atoms with van der Waals surface area (Å²) in [5.41, 5.74) is 0. The van der Waals surface area contributed by atoms with Gasteiger partial charge in [0, 0.05) is 6.08 Å². The van der Waals surface area contributed by atoms with Crippen LogP contribution in [0.4, 0.5) is 48.3 Å². The molecule has 0 amide bonds. The molecule has 0 atom stereocenters. The Bertz CT molecular complexity index is 454. The summed E-state index contributed by atoms with van der Waals surface area (Å²) in [6, 6.07) is 0. The molecule has 23 heavy (non-hydrogen) atoms. The Hall–Kier alpha value is -1.60. The van der Waals surface area contributed by atoms with E-state index in [1.165, 1.54) is 0 Å². The normalized spacial score (nSPS) is 14.6. The third-order valence-corrected chi connectivity index (χ3v) is 1.98. The van der Waals surface area contributed by atoms with E-state index in [9.17, 15) is 53.1 Å². The number of halogens is 11. The molecule has 0 aromatic heterocycles. The van der Waals surface area contributed by atoms with Gasteiger partial charge in [0.15, 0.2) is 0 Å². The van der Waals surface area contributed by atoms with Gasteiger partial charge < -0.3 is 9.47 Å². The fourth-order valence-electron chi connectivity index (χ4n) is 0.764. The maximum absolute atomic E-state index is 12.9. The molecule has 0 saturated heterocycles. The van der Waals surface area contributed by atoms with E-state index in [0.29, 0.717) is 0 Å². The lowest BCUT2D eigenvalue weighted by atomic mass is 10.3. The molecule has 0 saturated carbocycles. The van der Waals surface area contributed by atoms with Gasteiger partial charge in [-0.1, -0.05) is 6.58 Å². The minimum absolute atomic E-state index is 0.0305. The number of hydrogen-bond donors (Lipinski definition) is 0. The monoisotopic (exact) mass is 370 g/mol. The molecule has 136 valence electrons. The van der Waals surface area contributed by atoms with E-state index in [1.54, 1.807) is 0 Å². The van der Waals surface area contributed by atoms with Crippen LogP contribution in [-0.2, 0) is 14.3 Å². The molecular formula is C9H5F11O3. The van der Waals surface area contributed by atoms with Gasteiger partial charge in [0.25, 0.3) is 0 Å². The van der Waals surface area contributed by atoms with Crippen LogP contribution in [0.25, 0.3) is 0 Å². The zero-order valence-corrected chi connectivity index (χ0v) is 10.4. The van der Waals surface area contributed by atoms with Crippen molar-refractivity contribution in [2.24, 2.45) is 0 Å².